The van der Waals surface area contributed by atoms with E-state index in [-0.39, 0.29) is 12.0 Å². The van der Waals surface area contributed by atoms with Gasteiger partial charge in [-0.2, -0.15) is 0 Å². The number of rotatable bonds is 9. The van der Waals surface area contributed by atoms with Gasteiger partial charge in [-0.05, 0) is 44.5 Å². The number of anilines is 2. The Morgan fingerprint density at radius 1 is 1.10 bits per heavy atom. The fraction of sp³-hybridized carbons (Fsp3) is 0.312. The van der Waals surface area contributed by atoms with Crippen LogP contribution in [0.4, 0.5) is 11.5 Å². The second kappa shape index (κ2) is 12.0. The van der Waals surface area contributed by atoms with Crippen molar-refractivity contribution in [1.29, 1.82) is 0 Å². The lowest BCUT2D eigenvalue weighted by Crippen LogP contribution is -2.41. The number of methoxy groups -OCH3 is 1. The molecule has 42 heavy (non-hydrogen) atoms. The minimum absolute atomic E-state index is 0.0698. The van der Waals surface area contributed by atoms with Crippen LogP contribution in [-0.4, -0.2) is 57.2 Å². The second-order valence-electron chi connectivity index (χ2n) is 10.8. The molecule has 218 valence electrons. The molecule has 0 unspecified atom stereocenters. The van der Waals surface area contributed by atoms with Crippen LogP contribution >= 0.6 is 0 Å². The van der Waals surface area contributed by atoms with Crippen molar-refractivity contribution in [2.45, 2.75) is 45.3 Å². The van der Waals surface area contributed by atoms with Crippen LogP contribution in [0, 0.1) is 6.92 Å². The average Bonchev–Trinajstić information content (AvgIpc) is 2.98. The van der Waals surface area contributed by atoms with E-state index in [2.05, 4.69) is 26.8 Å². The van der Waals surface area contributed by atoms with Crippen molar-refractivity contribution in [3.05, 3.63) is 78.8 Å². The van der Waals surface area contributed by atoms with E-state index in [0.717, 1.165) is 5.56 Å². The van der Waals surface area contributed by atoms with E-state index in [4.69, 9.17) is 14.2 Å². The Balaban J connectivity index is 1.46. The number of carbonyl (C=O) groups excluding carboxylic acids is 1. The Morgan fingerprint density at radius 3 is 2.55 bits per heavy atom. The molecule has 1 amide bonds. The van der Waals surface area contributed by atoms with E-state index in [1.165, 1.54) is 12.4 Å². The minimum atomic E-state index is -1.15. The summed E-state index contributed by atoms with van der Waals surface area (Å²) in [6.45, 7) is 10.2. The number of aliphatic hydroxyl groups is 1. The summed E-state index contributed by atoms with van der Waals surface area (Å²) in [5, 5.41) is 15.0. The fourth-order valence-corrected chi connectivity index (χ4v) is 4.90. The maximum atomic E-state index is 12.0. The molecule has 3 heterocycles. The van der Waals surface area contributed by atoms with Gasteiger partial charge in [-0.3, -0.25) is 4.79 Å². The van der Waals surface area contributed by atoms with Gasteiger partial charge in [0.25, 0.3) is 0 Å². The maximum absolute atomic E-state index is 12.0. The zero-order chi connectivity index (χ0) is 29.9. The van der Waals surface area contributed by atoms with Crippen molar-refractivity contribution in [2.75, 3.05) is 25.5 Å². The Morgan fingerprint density at radius 2 is 1.88 bits per heavy atom. The number of nitrogens with zero attached hydrogens (tertiary/aromatic N) is 4. The van der Waals surface area contributed by atoms with Gasteiger partial charge in [-0.15, -0.1) is 0 Å². The second-order valence-corrected chi connectivity index (χ2v) is 10.8. The molecule has 1 aliphatic rings. The van der Waals surface area contributed by atoms with Crippen LogP contribution < -0.4 is 19.5 Å². The molecule has 0 atom stereocenters. The van der Waals surface area contributed by atoms with Crippen LogP contribution in [-0.2, 0) is 10.4 Å². The molecule has 0 spiro atoms. The molecule has 0 aliphatic carbocycles. The first kappa shape index (κ1) is 28.8. The molecule has 0 radical (unpaired) electrons. The Bertz CT molecular complexity index is 1590. The predicted molar refractivity (Wildman–Crippen MR) is 161 cm³/mol. The third-order valence-electron chi connectivity index (χ3n) is 7.15. The highest BCUT2D eigenvalue weighted by Crippen LogP contribution is 2.39. The molecule has 2 aromatic carbocycles. The number of ether oxygens (including phenoxy) is 3. The van der Waals surface area contributed by atoms with Crippen LogP contribution in [0.5, 0.6) is 23.1 Å². The molecule has 1 aliphatic heterocycles. The van der Waals surface area contributed by atoms with E-state index in [1.54, 1.807) is 44.2 Å². The number of likely N-dealkylation sites (tertiary alicyclic amines) is 1. The predicted octanol–water partition coefficient (Wildman–Crippen LogP) is 5.66. The molecular weight excluding hydrogens is 534 g/mol. The Labute approximate surface area is 245 Å². The van der Waals surface area contributed by atoms with Crippen molar-refractivity contribution in [3.8, 4) is 23.1 Å². The molecule has 0 saturated carbocycles. The monoisotopic (exact) mass is 569 g/mol. The summed E-state index contributed by atoms with van der Waals surface area (Å²) in [6.07, 6.45) is 5.84. The highest BCUT2D eigenvalue weighted by molar-refractivity contribution is 5.93. The highest BCUT2D eigenvalue weighted by Gasteiger charge is 2.25. The van der Waals surface area contributed by atoms with Gasteiger partial charge >= 0.3 is 0 Å². The number of hydrogen-bond acceptors (Lipinski definition) is 9. The number of aryl methyl sites for hydroxylation is 1. The smallest absolute Gasteiger partial charge is 0.245 e. The van der Waals surface area contributed by atoms with Crippen molar-refractivity contribution < 1.29 is 24.1 Å². The molecule has 2 aromatic heterocycles. The standard InChI is InChI=1S/C32H35N5O5/c1-6-30(38)37-13-11-21(12-14-37)41-28-16-23-25(17-27(28)40-5)34-19-35-31(23)36-26-15-22(8-9-24(26)32(3,4)39)42-29-10-7-20(2)18-33-29/h6-10,15-19,21,39H,1,11-14H2,2-5H3,(H,34,35,36). The Kier molecular flexibility index (Phi) is 8.26. The van der Waals surface area contributed by atoms with Crippen LogP contribution in [0.15, 0.2) is 67.6 Å². The van der Waals surface area contributed by atoms with Gasteiger partial charge in [0.05, 0.1) is 18.2 Å². The van der Waals surface area contributed by atoms with Gasteiger partial charge in [0.2, 0.25) is 11.8 Å². The number of piperidine rings is 1. The third-order valence-corrected chi connectivity index (χ3v) is 7.15. The Hall–Kier alpha value is -4.70. The van der Waals surface area contributed by atoms with E-state index in [9.17, 15) is 9.90 Å². The lowest BCUT2D eigenvalue weighted by molar-refractivity contribution is -0.127. The molecule has 5 rings (SSSR count). The van der Waals surface area contributed by atoms with Gasteiger partial charge in [0.1, 0.15) is 24.0 Å². The lowest BCUT2D eigenvalue weighted by Gasteiger charge is -2.31. The summed E-state index contributed by atoms with van der Waals surface area (Å²) in [5.41, 5.74) is 1.81. The lowest BCUT2D eigenvalue weighted by atomic mass is 9.96. The molecule has 0 bridgehead atoms. The van der Waals surface area contributed by atoms with Crippen LogP contribution in [0.2, 0.25) is 0 Å². The number of aromatic nitrogens is 3. The minimum Gasteiger partial charge on any atom is -0.493 e. The van der Waals surface area contributed by atoms with E-state index in [0.29, 0.717) is 77.0 Å². The zero-order valence-corrected chi connectivity index (χ0v) is 24.3. The molecular formula is C32H35N5O5. The number of pyridine rings is 1. The summed E-state index contributed by atoms with van der Waals surface area (Å²) in [5.74, 6) is 2.57. The zero-order valence-electron chi connectivity index (χ0n) is 24.3. The number of hydrogen-bond donors (Lipinski definition) is 2. The summed E-state index contributed by atoms with van der Waals surface area (Å²) < 4.78 is 18.0. The molecule has 2 N–H and O–H groups in total. The van der Waals surface area contributed by atoms with Crippen LogP contribution in [0.3, 0.4) is 0 Å². The third kappa shape index (κ3) is 6.44. The quantitative estimate of drug-likeness (QED) is 0.246. The summed E-state index contributed by atoms with van der Waals surface area (Å²) in [4.78, 5) is 27.0. The molecule has 1 fully saturated rings. The van der Waals surface area contributed by atoms with Crippen molar-refractivity contribution in [3.63, 3.8) is 0 Å². The normalized spacial score (nSPS) is 14.0. The van der Waals surface area contributed by atoms with Crippen molar-refractivity contribution in [1.82, 2.24) is 19.9 Å². The summed E-state index contributed by atoms with van der Waals surface area (Å²) in [7, 11) is 1.59. The van der Waals surface area contributed by atoms with Crippen molar-refractivity contribution >= 4 is 28.3 Å². The van der Waals surface area contributed by atoms with Crippen molar-refractivity contribution in [2.24, 2.45) is 0 Å². The van der Waals surface area contributed by atoms with Crippen LogP contribution in [0.25, 0.3) is 10.9 Å². The topological polar surface area (TPSA) is 119 Å². The number of nitrogens with one attached hydrogen (secondary N) is 1. The van der Waals surface area contributed by atoms with Gasteiger partial charge in [-0.1, -0.05) is 18.7 Å². The number of amides is 1. The van der Waals surface area contributed by atoms with Crippen LogP contribution in [0.1, 0.15) is 37.8 Å². The van der Waals surface area contributed by atoms with E-state index < -0.39 is 5.60 Å². The van der Waals surface area contributed by atoms with Gasteiger partial charge in [0, 0.05) is 67.0 Å². The van der Waals surface area contributed by atoms with E-state index >= 15 is 0 Å². The van der Waals surface area contributed by atoms with Gasteiger partial charge < -0.3 is 29.5 Å². The molecule has 10 nitrogen and oxygen atoms in total. The first-order chi connectivity index (χ1) is 20.1. The van der Waals surface area contributed by atoms with E-state index in [1.807, 2.05) is 37.3 Å². The molecule has 4 aromatic rings. The SMILES string of the molecule is C=CC(=O)N1CCC(Oc2cc3c(Nc4cc(Oc5ccc(C)cn5)ccc4C(C)(C)O)ncnc3cc2OC)CC1. The largest absolute Gasteiger partial charge is 0.493 e. The number of carbonyl (C=O) groups is 1. The number of fused-ring (bicyclic) bond motifs is 1. The summed E-state index contributed by atoms with van der Waals surface area (Å²) in [6, 6.07) is 12.8. The maximum Gasteiger partial charge on any atom is 0.245 e. The van der Waals surface area contributed by atoms with Gasteiger partial charge in [-0.25, -0.2) is 15.0 Å². The molecule has 1 saturated heterocycles. The first-order valence-electron chi connectivity index (χ1n) is 13.8. The average molecular weight is 570 g/mol. The number of benzene rings is 2. The van der Waals surface area contributed by atoms with Gasteiger partial charge in [0.15, 0.2) is 11.5 Å². The first-order valence-corrected chi connectivity index (χ1v) is 13.8. The molecule has 10 heteroatoms. The highest BCUT2D eigenvalue weighted by atomic mass is 16.5. The summed E-state index contributed by atoms with van der Waals surface area (Å²) >= 11 is 0. The fourth-order valence-electron chi connectivity index (χ4n) is 4.90.